The number of rotatable bonds is 4. The van der Waals surface area contributed by atoms with E-state index < -0.39 is 21.8 Å². The first-order valence-electron chi connectivity index (χ1n) is 8.63. The van der Waals surface area contributed by atoms with E-state index in [0.717, 1.165) is 17.7 Å². The van der Waals surface area contributed by atoms with Gasteiger partial charge in [-0.2, -0.15) is 4.31 Å². The van der Waals surface area contributed by atoms with Gasteiger partial charge in [0.15, 0.2) is 0 Å². The molecule has 0 spiro atoms. The van der Waals surface area contributed by atoms with E-state index in [2.05, 4.69) is 5.32 Å². The summed E-state index contributed by atoms with van der Waals surface area (Å²) in [7, 11) is -3.79. The fourth-order valence-electron chi connectivity index (χ4n) is 3.11. The molecule has 2 N–H and O–H groups in total. The maximum Gasteiger partial charge on any atom is 0.243 e. The minimum absolute atomic E-state index is 0.00105. The number of benzene rings is 2. The molecule has 0 unspecified atom stereocenters. The van der Waals surface area contributed by atoms with Crippen LogP contribution in [-0.4, -0.2) is 36.8 Å². The van der Waals surface area contributed by atoms with Gasteiger partial charge in [-0.3, -0.25) is 4.79 Å². The van der Waals surface area contributed by atoms with E-state index in [1.165, 1.54) is 16.4 Å². The quantitative estimate of drug-likeness (QED) is 0.784. The highest BCUT2D eigenvalue weighted by atomic mass is 32.2. The number of nitrogens with zero attached hydrogens (tertiary/aromatic N) is 1. The van der Waals surface area contributed by atoms with Crippen LogP contribution in [0.2, 0.25) is 0 Å². The second-order valence-corrected chi connectivity index (χ2v) is 8.60. The number of halogens is 1. The van der Waals surface area contributed by atoms with Crippen molar-refractivity contribution in [2.24, 2.45) is 5.92 Å². The Morgan fingerprint density at radius 2 is 1.93 bits per heavy atom. The highest BCUT2D eigenvalue weighted by Crippen LogP contribution is 2.28. The lowest BCUT2D eigenvalue weighted by molar-refractivity contribution is -0.120. The van der Waals surface area contributed by atoms with Crippen molar-refractivity contribution in [3.63, 3.8) is 0 Å². The number of anilines is 1. The first kappa shape index (κ1) is 19.3. The van der Waals surface area contributed by atoms with Crippen molar-refractivity contribution >= 4 is 21.6 Å². The molecule has 0 aliphatic carbocycles. The van der Waals surface area contributed by atoms with Gasteiger partial charge in [0.1, 0.15) is 11.6 Å². The van der Waals surface area contributed by atoms with Gasteiger partial charge in [0.05, 0.1) is 16.5 Å². The van der Waals surface area contributed by atoms with Crippen molar-refractivity contribution in [1.29, 1.82) is 0 Å². The second kappa shape index (κ2) is 7.66. The number of aryl methyl sites for hydroxylation is 1. The van der Waals surface area contributed by atoms with Crippen LogP contribution in [0.3, 0.4) is 0 Å². The molecule has 1 atom stereocenters. The molecule has 6 nitrogen and oxygen atoms in total. The number of nitrogens with one attached hydrogen (secondary N) is 1. The van der Waals surface area contributed by atoms with E-state index >= 15 is 0 Å². The molecule has 1 aliphatic rings. The molecule has 2 aromatic carbocycles. The van der Waals surface area contributed by atoms with Gasteiger partial charge in [0, 0.05) is 13.1 Å². The van der Waals surface area contributed by atoms with Gasteiger partial charge in [-0.05, 0) is 61.7 Å². The molecule has 1 saturated heterocycles. The van der Waals surface area contributed by atoms with Crippen LogP contribution in [-0.2, 0) is 14.8 Å². The molecule has 2 aromatic rings. The summed E-state index contributed by atoms with van der Waals surface area (Å²) < 4.78 is 39.8. The Kier molecular flexibility index (Phi) is 5.48. The topological polar surface area (TPSA) is 86.7 Å². The third kappa shape index (κ3) is 4.28. The number of hydrogen-bond acceptors (Lipinski definition) is 4. The van der Waals surface area contributed by atoms with Gasteiger partial charge in [0.2, 0.25) is 15.9 Å². The van der Waals surface area contributed by atoms with E-state index in [-0.39, 0.29) is 23.1 Å². The van der Waals surface area contributed by atoms with Crippen LogP contribution < -0.4 is 5.32 Å². The lowest BCUT2D eigenvalue weighted by atomic mass is 9.98. The molecule has 1 amide bonds. The van der Waals surface area contributed by atoms with Crippen molar-refractivity contribution in [2.45, 2.75) is 24.7 Å². The highest BCUT2D eigenvalue weighted by molar-refractivity contribution is 7.89. The van der Waals surface area contributed by atoms with Gasteiger partial charge in [-0.1, -0.05) is 6.07 Å². The van der Waals surface area contributed by atoms with E-state index in [1.54, 1.807) is 18.2 Å². The molecule has 144 valence electrons. The number of sulfonamides is 1. The maximum absolute atomic E-state index is 13.1. The van der Waals surface area contributed by atoms with Crippen molar-refractivity contribution in [3.8, 4) is 5.75 Å². The van der Waals surface area contributed by atoms with Crippen LogP contribution in [0.5, 0.6) is 5.75 Å². The Morgan fingerprint density at radius 1 is 1.22 bits per heavy atom. The Balaban J connectivity index is 1.73. The molecule has 27 heavy (non-hydrogen) atoms. The van der Waals surface area contributed by atoms with Crippen LogP contribution >= 0.6 is 0 Å². The number of carbonyl (C=O) groups is 1. The maximum atomic E-state index is 13.1. The molecule has 8 heteroatoms. The van der Waals surface area contributed by atoms with E-state index in [1.807, 2.05) is 6.92 Å². The van der Waals surface area contributed by atoms with Gasteiger partial charge in [0.25, 0.3) is 0 Å². The first-order chi connectivity index (χ1) is 12.8. The minimum atomic E-state index is -3.79. The Bertz CT molecular complexity index is 945. The molecular formula is C19H21FN2O4S. The summed E-state index contributed by atoms with van der Waals surface area (Å²) in [6.45, 7) is 2.17. The summed E-state index contributed by atoms with van der Waals surface area (Å²) in [5, 5.41) is 12.6. The van der Waals surface area contributed by atoms with Crippen LogP contribution in [0.4, 0.5) is 10.1 Å². The summed E-state index contributed by atoms with van der Waals surface area (Å²) in [6.07, 6.45) is 1.09. The lowest BCUT2D eigenvalue weighted by Gasteiger charge is -2.31. The zero-order chi connectivity index (χ0) is 19.6. The Morgan fingerprint density at radius 3 is 2.59 bits per heavy atom. The molecule has 0 saturated carbocycles. The van der Waals surface area contributed by atoms with Gasteiger partial charge < -0.3 is 10.4 Å². The Hall–Kier alpha value is -2.45. The summed E-state index contributed by atoms with van der Waals surface area (Å²) in [6, 6.07) is 9.56. The fraction of sp³-hybridized carbons (Fsp3) is 0.316. The highest BCUT2D eigenvalue weighted by Gasteiger charge is 2.33. The molecule has 0 radical (unpaired) electrons. The van der Waals surface area contributed by atoms with E-state index in [4.69, 9.17) is 0 Å². The molecule has 0 bridgehead atoms. The number of phenols is 1. The average molecular weight is 392 g/mol. The Labute approximate surface area is 157 Å². The molecule has 1 fully saturated rings. The molecule has 0 aromatic heterocycles. The number of phenolic OH excluding ortho intramolecular Hbond substituents is 1. The first-order valence-corrected chi connectivity index (χ1v) is 10.1. The molecule has 1 heterocycles. The monoisotopic (exact) mass is 392 g/mol. The van der Waals surface area contributed by atoms with Crippen molar-refractivity contribution < 1.29 is 22.7 Å². The minimum Gasteiger partial charge on any atom is -0.506 e. The van der Waals surface area contributed by atoms with Crippen molar-refractivity contribution in [2.75, 3.05) is 18.4 Å². The van der Waals surface area contributed by atoms with Crippen LogP contribution in [0.15, 0.2) is 47.4 Å². The third-order valence-electron chi connectivity index (χ3n) is 4.62. The number of hydrogen-bond donors (Lipinski definition) is 2. The number of carbonyl (C=O) groups excluding carboxylic acids is 1. The number of aromatic hydroxyl groups is 1. The fourth-order valence-corrected chi connectivity index (χ4v) is 4.64. The molecule has 3 rings (SSSR count). The smallest absolute Gasteiger partial charge is 0.243 e. The van der Waals surface area contributed by atoms with Crippen LogP contribution in [0, 0.1) is 18.7 Å². The van der Waals surface area contributed by atoms with Crippen LogP contribution in [0.25, 0.3) is 0 Å². The average Bonchev–Trinajstić information content (AvgIpc) is 2.64. The largest absolute Gasteiger partial charge is 0.506 e. The van der Waals surface area contributed by atoms with Crippen molar-refractivity contribution in [3.05, 3.63) is 53.8 Å². The van der Waals surface area contributed by atoms with E-state index in [0.29, 0.717) is 25.1 Å². The predicted molar refractivity (Wildman–Crippen MR) is 99.4 cm³/mol. The molecule has 1 aliphatic heterocycles. The number of amides is 1. The van der Waals surface area contributed by atoms with Gasteiger partial charge in [-0.25, -0.2) is 12.8 Å². The second-order valence-electron chi connectivity index (χ2n) is 6.67. The standard InChI is InChI=1S/C19H21FN2O4S/c1-13-4-9-17(18(23)11-13)21-19(24)14-3-2-10-22(12-14)27(25,26)16-7-5-15(20)6-8-16/h4-9,11,14,23H,2-3,10,12H2,1H3,(H,21,24)/t14-/m1/s1. The summed E-state index contributed by atoms with van der Waals surface area (Å²) >= 11 is 0. The van der Waals surface area contributed by atoms with Gasteiger partial charge >= 0.3 is 0 Å². The van der Waals surface area contributed by atoms with Gasteiger partial charge in [-0.15, -0.1) is 0 Å². The number of piperidine rings is 1. The third-order valence-corrected chi connectivity index (χ3v) is 6.50. The lowest BCUT2D eigenvalue weighted by Crippen LogP contribution is -2.43. The SMILES string of the molecule is Cc1ccc(NC(=O)[C@@H]2CCCN(S(=O)(=O)c3ccc(F)cc3)C2)c(O)c1. The summed E-state index contributed by atoms with van der Waals surface area (Å²) in [4.78, 5) is 12.6. The summed E-state index contributed by atoms with van der Waals surface area (Å²) in [5.74, 6) is -1.42. The zero-order valence-electron chi connectivity index (χ0n) is 14.9. The van der Waals surface area contributed by atoms with Crippen LogP contribution in [0.1, 0.15) is 18.4 Å². The normalized spacial score (nSPS) is 18.2. The summed E-state index contributed by atoms with van der Waals surface area (Å²) in [5.41, 5.74) is 1.16. The predicted octanol–water partition coefficient (Wildman–Crippen LogP) is 2.88. The van der Waals surface area contributed by atoms with Crippen molar-refractivity contribution in [1.82, 2.24) is 4.31 Å². The van der Waals surface area contributed by atoms with E-state index in [9.17, 15) is 22.7 Å². The zero-order valence-corrected chi connectivity index (χ0v) is 15.7. The molecular weight excluding hydrogens is 371 g/mol.